The van der Waals surface area contributed by atoms with E-state index in [4.69, 9.17) is 5.73 Å². The lowest BCUT2D eigenvalue weighted by molar-refractivity contribution is 0.406. The molecule has 0 radical (unpaired) electrons. The highest BCUT2D eigenvalue weighted by atomic mass is 15.2. The van der Waals surface area contributed by atoms with E-state index in [9.17, 15) is 0 Å². The number of hydrogen-bond donors (Lipinski definition) is 1. The summed E-state index contributed by atoms with van der Waals surface area (Å²) >= 11 is 0. The van der Waals surface area contributed by atoms with E-state index in [0.717, 1.165) is 18.7 Å². The van der Waals surface area contributed by atoms with Gasteiger partial charge in [0.2, 0.25) is 0 Å². The van der Waals surface area contributed by atoms with Gasteiger partial charge in [-0.1, -0.05) is 0 Å². The lowest BCUT2D eigenvalue weighted by Crippen LogP contribution is -2.25. The van der Waals surface area contributed by atoms with Gasteiger partial charge in [-0.05, 0) is 26.2 Å². The predicted molar refractivity (Wildman–Crippen MR) is 43.1 cm³/mol. The molecule has 2 N–H and O–H groups in total. The second-order valence-electron chi connectivity index (χ2n) is 3.13. The van der Waals surface area contributed by atoms with Gasteiger partial charge in [0, 0.05) is 11.9 Å². The summed E-state index contributed by atoms with van der Waals surface area (Å²) in [6.07, 6.45) is 5.53. The van der Waals surface area contributed by atoms with E-state index in [1.807, 2.05) is 13.1 Å². The minimum atomic E-state index is 0.168. The van der Waals surface area contributed by atoms with Gasteiger partial charge in [-0.2, -0.15) is 0 Å². The number of hydrogen-bond acceptors (Lipinski definition) is 2. The second-order valence-corrected chi connectivity index (χ2v) is 3.13. The molecule has 0 bridgehead atoms. The molecular weight excluding hydrogens is 138 g/mol. The first kappa shape index (κ1) is 6.85. The molecule has 3 nitrogen and oxygen atoms in total. The maximum absolute atomic E-state index is 5.91. The highest BCUT2D eigenvalue weighted by Gasteiger charge is 2.17. The third kappa shape index (κ3) is 0.959. The number of fused-ring (bicyclic) bond motifs is 1. The van der Waals surface area contributed by atoms with Crippen LogP contribution >= 0.6 is 0 Å². The fraction of sp³-hybridized carbons (Fsp3) is 0.625. The van der Waals surface area contributed by atoms with Gasteiger partial charge in [0.15, 0.2) is 0 Å². The first-order valence-electron chi connectivity index (χ1n) is 4.07. The lowest BCUT2D eigenvalue weighted by Gasteiger charge is -2.22. The summed E-state index contributed by atoms with van der Waals surface area (Å²) in [5.41, 5.74) is 7.21. The van der Waals surface area contributed by atoms with Crippen LogP contribution in [0, 0.1) is 6.92 Å². The van der Waals surface area contributed by atoms with Crippen LogP contribution in [-0.4, -0.2) is 9.55 Å². The van der Waals surface area contributed by atoms with Crippen molar-refractivity contribution in [3.8, 4) is 0 Å². The zero-order chi connectivity index (χ0) is 7.84. The van der Waals surface area contributed by atoms with Crippen molar-refractivity contribution in [2.75, 3.05) is 0 Å². The van der Waals surface area contributed by atoms with Crippen LogP contribution in [0.3, 0.4) is 0 Å². The summed E-state index contributed by atoms with van der Waals surface area (Å²) in [6, 6.07) is 0. The Labute approximate surface area is 66.2 Å². The van der Waals surface area contributed by atoms with Gasteiger partial charge in [-0.15, -0.1) is 0 Å². The summed E-state index contributed by atoms with van der Waals surface area (Å²) in [7, 11) is 0. The highest BCUT2D eigenvalue weighted by molar-refractivity contribution is 5.08. The molecule has 0 saturated carbocycles. The smallest absolute Gasteiger partial charge is 0.107 e. The molecular formula is C8H13N3. The van der Waals surface area contributed by atoms with Gasteiger partial charge in [0.05, 0.1) is 6.17 Å². The number of nitrogens with zero attached hydrogens (tertiary/aromatic N) is 2. The van der Waals surface area contributed by atoms with Crippen molar-refractivity contribution in [2.24, 2.45) is 5.73 Å². The molecule has 0 aliphatic carbocycles. The Bertz CT molecular complexity index is 264. The van der Waals surface area contributed by atoms with Gasteiger partial charge in [-0.25, -0.2) is 4.98 Å². The summed E-state index contributed by atoms with van der Waals surface area (Å²) in [6.45, 7) is 2.01. The predicted octanol–water partition coefficient (Wildman–Crippen LogP) is 0.985. The van der Waals surface area contributed by atoms with Gasteiger partial charge in [0.1, 0.15) is 5.82 Å². The Balaban J connectivity index is 2.48. The molecule has 60 valence electrons. The van der Waals surface area contributed by atoms with Crippen molar-refractivity contribution in [3.63, 3.8) is 0 Å². The number of nitrogens with two attached hydrogens (primary N) is 1. The van der Waals surface area contributed by atoms with Crippen LogP contribution in [0.15, 0.2) is 6.20 Å². The average molecular weight is 151 g/mol. The minimum Gasteiger partial charge on any atom is -0.316 e. The molecule has 2 rings (SSSR count). The molecule has 0 amide bonds. The fourth-order valence-corrected chi connectivity index (χ4v) is 1.76. The van der Waals surface area contributed by atoms with E-state index in [1.165, 1.54) is 12.1 Å². The van der Waals surface area contributed by atoms with Crippen molar-refractivity contribution in [1.82, 2.24) is 9.55 Å². The zero-order valence-electron chi connectivity index (χ0n) is 6.75. The first-order chi connectivity index (χ1) is 5.29. The van der Waals surface area contributed by atoms with Crippen molar-refractivity contribution in [3.05, 3.63) is 17.7 Å². The van der Waals surface area contributed by atoms with Crippen molar-refractivity contribution in [1.29, 1.82) is 0 Å². The molecule has 1 atom stereocenters. The van der Waals surface area contributed by atoms with E-state index < -0.39 is 0 Å². The standard InChI is InChI=1S/C8H13N3/c1-6-10-5-7-3-2-4-8(9)11(6)7/h5,8H,2-4,9H2,1H3. The Morgan fingerprint density at radius 3 is 3.27 bits per heavy atom. The molecule has 0 saturated heterocycles. The Kier molecular flexibility index (Phi) is 1.46. The Morgan fingerprint density at radius 1 is 1.73 bits per heavy atom. The molecule has 1 aliphatic heterocycles. The first-order valence-corrected chi connectivity index (χ1v) is 4.07. The highest BCUT2D eigenvalue weighted by Crippen LogP contribution is 2.21. The van der Waals surface area contributed by atoms with E-state index in [2.05, 4.69) is 9.55 Å². The van der Waals surface area contributed by atoms with Crippen LogP contribution in [-0.2, 0) is 6.42 Å². The Hall–Kier alpha value is -0.830. The molecule has 0 fully saturated rings. The van der Waals surface area contributed by atoms with Gasteiger partial charge in [-0.3, -0.25) is 0 Å². The minimum absolute atomic E-state index is 0.168. The molecule has 1 aromatic rings. The third-order valence-corrected chi connectivity index (χ3v) is 2.32. The largest absolute Gasteiger partial charge is 0.316 e. The number of aryl methyl sites for hydroxylation is 2. The summed E-state index contributed by atoms with van der Waals surface area (Å²) in [5.74, 6) is 1.05. The van der Waals surface area contributed by atoms with Gasteiger partial charge < -0.3 is 10.3 Å². The zero-order valence-corrected chi connectivity index (χ0v) is 6.75. The van der Waals surface area contributed by atoms with E-state index in [-0.39, 0.29) is 6.17 Å². The van der Waals surface area contributed by atoms with Crippen LogP contribution in [0.2, 0.25) is 0 Å². The van der Waals surface area contributed by atoms with Crippen molar-refractivity contribution < 1.29 is 0 Å². The third-order valence-electron chi connectivity index (χ3n) is 2.32. The fourth-order valence-electron chi connectivity index (χ4n) is 1.76. The normalized spacial score (nSPS) is 23.3. The van der Waals surface area contributed by atoms with Crippen LogP contribution in [0.1, 0.15) is 30.5 Å². The van der Waals surface area contributed by atoms with Gasteiger partial charge in [0.25, 0.3) is 0 Å². The van der Waals surface area contributed by atoms with Crippen LogP contribution < -0.4 is 5.73 Å². The average Bonchev–Trinajstić information content (AvgIpc) is 2.34. The van der Waals surface area contributed by atoms with Crippen LogP contribution in [0.5, 0.6) is 0 Å². The van der Waals surface area contributed by atoms with Crippen LogP contribution in [0.4, 0.5) is 0 Å². The molecule has 3 heteroatoms. The summed E-state index contributed by atoms with van der Waals surface area (Å²) in [4.78, 5) is 4.23. The Morgan fingerprint density at radius 2 is 2.55 bits per heavy atom. The summed E-state index contributed by atoms with van der Waals surface area (Å²) in [5, 5.41) is 0. The molecule has 1 aromatic heterocycles. The molecule has 1 aliphatic rings. The van der Waals surface area contributed by atoms with Crippen LogP contribution in [0.25, 0.3) is 0 Å². The topological polar surface area (TPSA) is 43.8 Å². The second kappa shape index (κ2) is 2.34. The molecule has 11 heavy (non-hydrogen) atoms. The number of aromatic nitrogens is 2. The maximum Gasteiger partial charge on any atom is 0.107 e. The van der Waals surface area contributed by atoms with E-state index in [1.54, 1.807) is 0 Å². The lowest BCUT2D eigenvalue weighted by atomic mass is 10.1. The number of rotatable bonds is 0. The molecule has 0 aromatic carbocycles. The van der Waals surface area contributed by atoms with Crippen molar-refractivity contribution in [2.45, 2.75) is 32.4 Å². The molecule has 2 heterocycles. The van der Waals surface area contributed by atoms with Crippen molar-refractivity contribution >= 4 is 0 Å². The SMILES string of the molecule is Cc1ncc2n1C(N)CCC2. The monoisotopic (exact) mass is 151 g/mol. The molecule has 1 unspecified atom stereocenters. The molecule has 0 spiro atoms. The maximum atomic E-state index is 5.91. The number of imidazole rings is 1. The van der Waals surface area contributed by atoms with E-state index >= 15 is 0 Å². The van der Waals surface area contributed by atoms with Gasteiger partial charge >= 0.3 is 0 Å². The van der Waals surface area contributed by atoms with E-state index in [0.29, 0.717) is 0 Å². The quantitative estimate of drug-likeness (QED) is 0.600. The summed E-state index contributed by atoms with van der Waals surface area (Å²) < 4.78 is 2.14.